The first kappa shape index (κ1) is 29.0. The van der Waals surface area contributed by atoms with Gasteiger partial charge in [-0.1, -0.05) is 58.0 Å². The van der Waals surface area contributed by atoms with Gasteiger partial charge in [-0.15, -0.1) is 11.8 Å². The van der Waals surface area contributed by atoms with Crippen molar-refractivity contribution >= 4 is 86.1 Å². The molecule has 1 fully saturated rings. The second-order valence-electron chi connectivity index (χ2n) is 8.70. The molecular weight excluding hydrogens is 648 g/mol. The van der Waals surface area contributed by atoms with E-state index in [2.05, 4.69) is 45.2 Å². The minimum absolute atomic E-state index is 0.0200. The van der Waals surface area contributed by atoms with E-state index in [1.54, 1.807) is 23.9 Å². The van der Waals surface area contributed by atoms with Crippen molar-refractivity contribution in [2.45, 2.75) is 22.6 Å². The number of nitrogens with zero attached hydrogens (tertiary/aromatic N) is 3. The van der Waals surface area contributed by atoms with Gasteiger partial charge in [-0.2, -0.15) is 0 Å². The number of allylic oxidation sites excluding steroid dienone is 3. The third-order valence-corrected chi connectivity index (χ3v) is 9.00. The molecule has 1 aromatic heterocycles. The molecule has 1 saturated heterocycles. The van der Waals surface area contributed by atoms with E-state index in [0.29, 0.717) is 0 Å². The second-order valence-corrected chi connectivity index (χ2v) is 12.1. The van der Waals surface area contributed by atoms with Crippen LogP contribution < -0.4 is 26.7 Å². The molecule has 2 aliphatic rings. The number of hydrogen-bond acceptors (Lipinski definition) is 8. The van der Waals surface area contributed by atoms with E-state index >= 15 is 0 Å². The molecule has 5 rings (SSSR count). The summed E-state index contributed by atoms with van der Waals surface area (Å²) in [6.07, 6.45) is 7.03. The van der Waals surface area contributed by atoms with Crippen molar-refractivity contribution in [3.8, 4) is 0 Å². The van der Waals surface area contributed by atoms with E-state index in [1.807, 2.05) is 48.6 Å². The molecule has 0 bridgehead atoms. The number of carboxylic acid groups (broad SMARTS) is 1. The number of oxazole rings is 1. The molecule has 0 radical (unpaired) electrons. The van der Waals surface area contributed by atoms with Crippen LogP contribution in [0.15, 0.2) is 95.3 Å². The Labute approximate surface area is 257 Å². The van der Waals surface area contributed by atoms with Crippen LogP contribution in [-0.4, -0.2) is 44.7 Å². The summed E-state index contributed by atoms with van der Waals surface area (Å²) in [4.78, 5) is 42.9. The number of carbonyl (C=O) groups is 2. The standard InChI is InChI=1S/C28H23BrN4O5S3/c1-2-31-19-14-17(29)12-13-21(19)41-22(31)11-7-6-10-20-25(36)33(16-40-18-8-4-3-5-9-18)27(38-20)24-26(37)32(15-23(34)35)28(39)30-24/h3-14H,2,15-16H2,1H3,(H,30,39)(H,34,35)/b7-6+,20-10-,22-11+,27-24-. The van der Waals surface area contributed by atoms with E-state index in [-0.39, 0.29) is 27.6 Å². The van der Waals surface area contributed by atoms with Crippen LogP contribution in [0.4, 0.5) is 5.69 Å². The van der Waals surface area contributed by atoms with Crippen LogP contribution in [0.2, 0.25) is 0 Å². The zero-order valence-electron chi connectivity index (χ0n) is 21.6. The number of rotatable bonds is 8. The minimum atomic E-state index is -1.22. The number of thioether (sulfide) groups is 2. The molecule has 210 valence electrons. The van der Waals surface area contributed by atoms with Crippen molar-refractivity contribution in [3.63, 3.8) is 0 Å². The maximum absolute atomic E-state index is 13.4. The Morgan fingerprint density at radius 3 is 2.63 bits per heavy atom. The average Bonchev–Trinajstić information content (AvgIpc) is 3.56. The summed E-state index contributed by atoms with van der Waals surface area (Å²) in [6, 6.07) is 15.7. The molecule has 0 atom stereocenters. The van der Waals surface area contributed by atoms with Crippen LogP contribution in [0.25, 0.3) is 11.8 Å². The molecule has 9 nitrogen and oxygen atoms in total. The van der Waals surface area contributed by atoms with Crippen LogP contribution in [0, 0.1) is 0 Å². The SMILES string of the molecule is CCN1\C(=C/C=C/C=c2\o/c(=C3\NC(=S)N(CC(=O)O)C3=O)n(CSc3ccccc3)c2=O)Sc2ccc(Br)cc21. The van der Waals surface area contributed by atoms with Crippen molar-refractivity contribution in [1.82, 2.24) is 14.8 Å². The summed E-state index contributed by atoms with van der Waals surface area (Å²) in [7, 11) is 0. The molecule has 3 aromatic rings. The number of carbonyl (C=O) groups excluding carboxylic acids is 1. The zero-order chi connectivity index (χ0) is 29.1. The summed E-state index contributed by atoms with van der Waals surface area (Å²) < 4.78 is 8.25. The number of aliphatic carboxylic acids is 1. The molecule has 0 spiro atoms. The van der Waals surface area contributed by atoms with E-state index < -0.39 is 24.0 Å². The molecule has 0 aliphatic carbocycles. The predicted molar refractivity (Wildman–Crippen MR) is 168 cm³/mol. The molecule has 2 N–H and O–H groups in total. The van der Waals surface area contributed by atoms with Gasteiger partial charge in [0.25, 0.3) is 11.5 Å². The number of halogens is 1. The van der Waals surface area contributed by atoms with Gasteiger partial charge in [0.15, 0.2) is 16.2 Å². The third-order valence-electron chi connectivity index (χ3n) is 6.06. The Morgan fingerprint density at radius 2 is 1.90 bits per heavy atom. The highest BCUT2D eigenvalue weighted by Gasteiger charge is 2.35. The van der Waals surface area contributed by atoms with Crippen molar-refractivity contribution in [2.75, 3.05) is 18.0 Å². The molecular formula is C28H23BrN4O5S3. The molecule has 3 heterocycles. The lowest BCUT2D eigenvalue weighted by molar-refractivity contribution is -0.140. The number of aromatic nitrogens is 1. The van der Waals surface area contributed by atoms with Crippen LogP contribution >= 0.6 is 51.7 Å². The second kappa shape index (κ2) is 12.6. The number of carboxylic acids is 1. The predicted octanol–water partition coefficient (Wildman–Crippen LogP) is 3.67. The quantitative estimate of drug-likeness (QED) is 0.272. The monoisotopic (exact) mass is 670 g/mol. The molecule has 2 aromatic carbocycles. The Hall–Kier alpha value is -3.52. The fraction of sp³-hybridized carbons (Fsp3) is 0.143. The Bertz CT molecular complexity index is 1780. The summed E-state index contributed by atoms with van der Waals surface area (Å²) >= 11 is 11.8. The molecule has 0 unspecified atom stereocenters. The Kier molecular flexibility index (Phi) is 8.88. The van der Waals surface area contributed by atoms with Gasteiger partial charge in [0.1, 0.15) is 6.54 Å². The Balaban J connectivity index is 1.50. The number of thiocarbonyl (C=S) groups is 1. The lowest BCUT2D eigenvalue weighted by atomic mass is 10.3. The summed E-state index contributed by atoms with van der Waals surface area (Å²) in [5.74, 6) is -1.74. The minimum Gasteiger partial charge on any atom is -0.480 e. The van der Waals surface area contributed by atoms with Crippen molar-refractivity contribution in [1.29, 1.82) is 0 Å². The van der Waals surface area contributed by atoms with Crippen molar-refractivity contribution < 1.29 is 19.1 Å². The van der Waals surface area contributed by atoms with Gasteiger partial charge in [0.2, 0.25) is 5.55 Å². The molecule has 2 aliphatic heterocycles. The topological polar surface area (TPSA) is 108 Å². The number of anilines is 1. The van der Waals surface area contributed by atoms with Crippen molar-refractivity contribution in [3.05, 3.63) is 97.6 Å². The van der Waals surface area contributed by atoms with Gasteiger partial charge >= 0.3 is 5.97 Å². The van der Waals surface area contributed by atoms with Crippen LogP contribution in [-0.2, 0) is 15.5 Å². The summed E-state index contributed by atoms with van der Waals surface area (Å²) in [5.41, 5.74) is 0.601. The molecule has 13 heteroatoms. The maximum Gasteiger partial charge on any atom is 0.323 e. The van der Waals surface area contributed by atoms with Gasteiger partial charge in [-0.3, -0.25) is 23.9 Å². The summed E-state index contributed by atoms with van der Waals surface area (Å²) in [6.45, 7) is 2.27. The lowest BCUT2D eigenvalue weighted by Gasteiger charge is -2.17. The van der Waals surface area contributed by atoms with Gasteiger partial charge in [0.05, 0.1) is 16.6 Å². The number of amides is 1. The average molecular weight is 672 g/mol. The van der Waals surface area contributed by atoms with E-state index in [0.717, 1.165) is 36.4 Å². The molecule has 1 amide bonds. The largest absolute Gasteiger partial charge is 0.480 e. The van der Waals surface area contributed by atoms with Gasteiger partial charge in [-0.05, 0) is 61.6 Å². The highest BCUT2D eigenvalue weighted by molar-refractivity contribution is 9.10. The Morgan fingerprint density at radius 1 is 1.15 bits per heavy atom. The first-order chi connectivity index (χ1) is 19.8. The fourth-order valence-electron chi connectivity index (χ4n) is 4.18. The molecule has 0 saturated carbocycles. The number of fused-ring (bicyclic) bond motifs is 1. The van der Waals surface area contributed by atoms with E-state index in [4.69, 9.17) is 16.6 Å². The highest BCUT2D eigenvalue weighted by Crippen LogP contribution is 2.46. The smallest absolute Gasteiger partial charge is 0.323 e. The van der Waals surface area contributed by atoms with Gasteiger partial charge < -0.3 is 19.7 Å². The van der Waals surface area contributed by atoms with E-state index in [1.165, 1.54) is 16.3 Å². The van der Waals surface area contributed by atoms with Crippen LogP contribution in [0.3, 0.4) is 0 Å². The number of nitrogens with one attached hydrogen (secondary N) is 1. The lowest BCUT2D eigenvalue weighted by Crippen LogP contribution is -2.35. The fourth-order valence-corrected chi connectivity index (χ4v) is 6.76. The van der Waals surface area contributed by atoms with Crippen LogP contribution in [0.5, 0.6) is 0 Å². The molecule has 41 heavy (non-hydrogen) atoms. The normalized spacial score (nSPS) is 17.7. The first-order valence-electron chi connectivity index (χ1n) is 12.4. The third kappa shape index (κ3) is 6.22. The van der Waals surface area contributed by atoms with Crippen LogP contribution in [0.1, 0.15) is 6.92 Å². The number of benzene rings is 2. The summed E-state index contributed by atoms with van der Waals surface area (Å²) in [5, 5.41) is 12.9. The maximum atomic E-state index is 13.4. The van der Waals surface area contributed by atoms with E-state index in [9.17, 15) is 19.5 Å². The first-order valence-corrected chi connectivity index (χ1v) is 15.4. The zero-order valence-corrected chi connectivity index (χ0v) is 25.6. The van der Waals surface area contributed by atoms with Gasteiger partial charge in [-0.25, -0.2) is 0 Å². The highest BCUT2D eigenvalue weighted by atomic mass is 79.9. The van der Waals surface area contributed by atoms with Gasteiger partial charge in [0, 0.05) is 20.8 Å². The van der Waals surface area contributed by atoms with Crippen molar-refractivity contribution in [2.24, 2.45) is 0 Å². The number of hydrogen-bond donors (Lipinski definition) is 2.